The Morgan fingerprint density at radius 1 is 1.62 bits per heavy atom. The predicted octanol–water partition coefficient (Wildman–Crippen LogP) is 3.86. The zero-order valence-electron chi connectivity index (χ0n) is 6.85. The maximum atomic E-state index is 11.6. The first-order chi connectivity index (χ1) is 6.04. The van der Waals surface area contributed by atoms with E-state index in [1.165, 1.54) is 0 Å². The Balaban J connectivity index is 3.15. The van der Waals surface area contributed by atoms with Gasteiger partial charge in [-0.25, -0.2) is 0 Å². The van der Waals surface area contributed by atoms with Crippen molar-refractivity contribution in [3.05, 3.63) is 31.8 Å². The van der Waals surface area contributed by atoms with Gasteiger partial charge in [-0.1, -0.05) is 12.1 Å². The minimum absolute atomic E-state index is 0.0490. The molecule has 1 atom stereocenters. The molecule has 0 amide bonds. The molecule has 0 fully saturated rings. The first-order valence-electron chi connectivity index (χ1n) is 3.66. The predicted molar refractivity (Wildman–Crippen MR) is 66.5 cm³/mol. The van der Waals surface area contributed by atoms with Crippen LogP contribution in [0, 0.1) is 3.57 Å². The fourth-order valence-electron chi connectivity index (χ4n) is 0.908. The van der Waals surface area contributed by atoms with Crippen LogP contribution < -0.4 is 0 Å². The van der Waals surface area contributed by atoms with Crippen molar-refractivity contribution < 1.29 is 4.79 Å². The number of rotatable bonds is 2. The molecule has 1 nitrogen and oxygen atoms in total. The van der Waals surface area contributed by atoms with Gasteiger partial charge >= 0.3 is 0 Å². The van der Waals surface area contributed by atoms with Gasteiger partial charge in [-0.3, -0.25) is 4.79 Å². The Morgan fingerprint density at radius 3 is 2.77 bits per heavy atom. The summed E-state index contributed by atoms with van der Waals surface area (Å²) in [5, 5.41) is -0.477. The van der Waals surface area contributed by atoms with Crippen LogP contribution in [-0.4, -0.2) is 11.2 Å². The molecule has 0 aliphatic rings. The zero-order chi connectivity index (χ0) is 10.0. The van der Waals surface area contributed by atoms with E-state index >= 15 is 0 Å². The third-order valence-electron chi connectivity index (χ3n) is 1.58. The molecule has 13 heavy (non-hydrogen) atoms. The molecule has 0 spiro atoms. The third-order valence-corrected chi connectivity index (χ3v) is 4.27. The Bertz CT molecular complexity index is 338. The van der Waals surface area contributed by atoms with E-state index in [2.05, 4.69) is 38.5 Å². The molecular weight excluding hydrogens is 366 g/mol. The Kier molecular flexibility index (Phi) is 4.19. The van der Waals surface area contributed by atoms with Crippen molar-refractivity contribution in [3.63, 3.8) is 0 Å². The van der Waals surface area contributed by atoms with Gasteiger partial charge in [-0.2, -0.15) is 0 Å². The van der Waals surface area contributed by atoms with E-state index in [1.807, 2.05) is 12.1 Å². The van der Waals surface area contributed by atoms with Crippen molar-refractivity contribution in [2.75, 3.05) is 0 Å². The summed E-state index contributed by atoms with van der Waals surface area (Å²) in [6, 6.07) is 5.55. The number of halogens is 3. The Labute approximate surface area is 104 Å². The minimum Gasteiger partial charge on any atom is -0.292 e. The van der Waals surface area contributed by atoms with E-state index in [0.29, 0.717) is 5.56 Å². The number of ketones is 1. The molecule has 1 unspecified atom stereocenters. The molecule has 0 saturated heterocycles. The van der Waals surface area contributed by atoms with Crippen molar-refractivity contribution in [3.8, 4) is 0 Å². The van der Waals surface area contributed by atoms with Crippen LogP contribution in [0.3, 0.4) is 0 Å². The van der Waals surface area contributed by atoms with Gasteiger partial charge in [0.2, 0.25) is 0 Å². The summed E-state index contributed by atoms with van der Waals surface area (Å²) >= 11 is 11.2. The summed E-state index contributed by atoms with van der Waals surface area (Å²) in [6.45, 7) is 1.68. The molecule has 4 heteroatoms. The van der Waals surface area contributed by atoms with E-state index in [0.717, 1.165) is 8.04 Å². The van der Waals surface area contributed by atoms with Gasteiger partial charge in [-0.15, -0.1) is 11.6 Å². The lowest BCUT2D eigenvalue weighted by atomic mass is 10.1. The fraction of sp³-hybridized carbons (Fsp3) is 0.222. The number of hydrogen-bond acceptors (Lipinski definition) is 1. The number of benzene rings is 1. The summed E-state index contributed by atoms with van der Waals surface area (Å²) in [6.07, 6.45) is 0. The topological polar surface area (TPSA) is 17.1 Å². The molecule has 0 bridgehead atoms. The first-order valence-corrected chi connectivity index (χ1v) is 5.97. The van der Waals surface area contributed by atoms with Crippen LogP contribution in [0.15, 0.2) is 22.7 Å². The van der Waals surface area contributed by atoms with Crippen molar-refractivity contribution in [1.29, 1.82) is 0 Å². The SMILES string of the molecule is CC(Cl)C(=O)c1cccc(I)c1Br. The summed E-state index contributed by atoms with van der Waals surface area (Å²) in [5.41, 5.74) is 0.648. The third kappa shape index (κ3) is 2.67. The summed E-state index contributed by atoms with van der Waals surface area (Å²) in [4.78, 5) is 11.6. The molecule has 0 saturated carbocycles. The van der Waals surface area contributed by atoms with Crippen molar-refractivity contribution in [2.45, 2.75) is 12.3 Å². The van der Waals surface area contributed by atoms with Crippen LogP contribution >= 0.6 is 50.1 Å². The van der Waals surface area contributed by atoms with Gasteiger partial charge in [0.1, 0.15) is 0 Å². The highest BCUT2D eigenvalue weighted by molar-refractivity contribution is 14.1. The quantitative estimate of drug-likeness (QED) is 0.437. The summed E-state index contributed by atoms with van der Waals surface area (Å²) in [7, 11) is 0. The second-order valence-corrected chi connectivity index (χ2v) is 5.19. The zero-order valence-corrected chi connectivity index (χ0v) is 11.4. The van der Waals surface area contributed by atoms with Gasteiger partial charge in [0.15, 0.2) is 5.78 Å². The second-order valence-electron chi connectivity index (χ2n) is 2.58. The fourth-order valence-corrected chi connectivity index (χ4v) is 1.98. The van der Waals surface area contributed by atoms with E-state index in [-0.39, 0.29) is 5.78 Å². The lowest BCUT2D eigenvalue weighted by molar-refractivity contribution is 0.0991. The van der Waals surface area contributed by atoms with Crippen LogP contribution in [-0.2, 0) is 0 Å². The molecule has 0 aliphatic heterocycles. The molecule has 1 rings (SSSR count). The van der Waals surface area contributed by atoms with E-state index in [9.17, 15) is 4.79 Å². The van der Waals surface area contributed by atoms with Crippen molar-refractivity contribution >= 4 is 55.9 Å². The normalized spacial score (nSPS) is 12.6. The average Bonchev–Trinajstić information content (AvgIpc) is 2.08. The minimum atomic E-state index is -0.477. The molecule has 0 aromatic heterocycles. The Morgan fingerprint density at radius 2 is 2.23 bits per heavy atom. The number of carbonyl (C=O) groups is 1. The molecule has 0 heterocycles. The van der Waals surface area contributed by atoms with E-state index in [1.54, 1.807) is 13.0 Å². The maximum absolute atomic E-state index is 11.6. The van der Waals surface area contributed by atoms with Crippen LogP contribution in [0.5, 0.6) is 0 Å². The highest BCUT2D eigenvalue weighted by Crippen LogP contribution is 2.25. The maximum Gasteiger partial charge on any atom is 0.181 e. The number of carbonyl (C=O) groups excluding carboxylic acids is 1. The van der Waals surface area contributed by atoms with Gasteiger partial charge in [-0.05, 0) is 51.5 Å². The Hall–Kier alpha value is 0.390. The standard InChI is InChI=1S/C9H7BrClIO/c1-5(11)9(13)6-3-2-4-7(12)8(6)10/h2-5H,1H3. The van der Waals surface area contributed by atoms with E-state index < -0.39 is 5.38 Å². The van der Waals surface area contributed by atoms with Gasteiger partial charge in [0.25, 0.3) is 0 Å². The molecule has 0 radical (unpaired) electrons. The summed E-state index contributed by atoms with van der Waals surface area (Å²) < 4.78 is 1.84. The number of Topliss-reactive ketones (excluding diaryl/α,β-unsaturated/α-hetero) is 1. The number of alkyl halides is 1. The van der Waals surface area contributed by atoms with Crippen molar-refractivity contribution in [2.24, 2.45) is 0 Å². The smallest absolute Gasteiger partial charge is 0.181 e. The summed E-state index contributed by atoms with van der Waals surface area (Å²) in [5.74, 6) is -0.0490. The van der Waals surface area contributed by atoms with Gasteiger partial charge in [0.05, 0.1) is 5.38 Å². The average molecular weight is 373 g/mol. The van der Waals surface area contributed by atoms with Crippen molar-refractivity contribution in [1.82, 2.24) is 0 Å². The first kappa shape index (κ1) is 11.5. The second kappa shape index (κ2) is 4.75. The molecule has 0 N–H and O–H groups in total. The van der Waals surface area contributed by atoms with Crippen LogP contribution in [0.25, 0.3) is 0 Å². The lowest BCUT2D eigenvalue weighted by Gasteiger charge is -2.06. The largest absolute Gasteiger partial charge is 0.292 e. The monoisotopic (exact) mass is 372 g/mol. The molecule has 70 valence electrons. The molecular formula is C9H7BrClIO. The van der Waals surface area contributed by atoms with Gasteiger partial charge < -0.3 is 0 Å². The molecule has 1 aromatic rings. The highest BCUT2D eigenvalue weighted by atomic mass is 127. The highest BCUT2D eigenvalue weighted by Gasteiger charge is 2.16. The van der Waals surface area contributed by atoms with Crippen LogP contribution in [0.1, 0.15) is 17.3 Å². The van der Waals surface area contributed by atoms with Crippen LogP contribution in [0.4, 0.5) is 0 Å². The van der Waals surface area contributed by atoms with E-state index in [4.69, 9.17) is 11.6 Å². The molecule has 0 aliphatic carbocycles. The van der Waals surface area contributed by atoms with Gasteiger partial charge in [0, 0.05) is 13.6 Å². The molecule has 1 aromatic carbocycles. The lowest BCUT2D eigenvalue weighted by Crippen LogP contribution is -2.11. The number of hydrogen-bond donors (Lipinski definition) is 0. The van der Waals surface area contributed by atoms with Crippen LogP contribution in [0.2, 0.25) is 0 Å².